The zero-order valence-electron chi connectivity index (χ0n) is 17.5. The van der Waals surface area contributed by atoms with Gasteiger partial charge in [0.2, 0.25) is 5.88 Å². The first-order chi connectivity index (χ1) is 14.2. The van der Waals surface area contributed by atoms with Gasteiger partial charge in [0.05, 0.1) is 0 Å². The molecule has 3 rings (SSSR count). The first-order valence-electron chi connectivity index (χ1n) is 10.0. The van der Waals surface area contributed by atoms with Gasteiger partial charge in [0.15, 0.2) is 0 Å². The number of alkyl carbamates (subject to hydrolysis) is 1. The maximum absolute atomic E-state index is 12.3. The molecule has 1 heterocycles. The standard InChI is InChI=1S/C22H27BrClN3O3/c1-21(2,3)30-20(28)25-14-22(15-5-4-6-16(24)13-15)11-9-17(10-12-22)29-19-8-7-18(23)26-27-19/h4-8,13,17H,9-12,14H2,1-3H3,(H,25,28). The maximum atomic E-state index is 12.3. The monoisotopic (exact) mass is 495 g/mol. The quantitative estimate of drug-likeness (QED) is 0.577. The molecule has 0 bridgehead atoms. The third-order valence-corrected chi connectivity index (χ3v) is 5.85. The molecule has 0 unspecified atom stereocenters. The minimum atomic E-state index is -0.537. The number of carbonyl (C=O) groups is 1. The second kappa shape index (κ2) is 9.52. The summed E-state index contributed by atoms with van der Waals surface area (Å²) in [6.45, 7) is 6.04. The van der Waals surface area contributed by atoms with Crippen LogP contribution < -0.4 is 10.1 Å². The Morgan fingerprint density at radius 2 is 1.97 bits per heavy atom. The molecule has 8 heteroatoms. The van der Waals surface area contributed by atoms with E-state index in [1.165, 1.54) is 0 Å². The Hall–Kier alpha value is -1.86. The highest BCUT2D eigenvalue weighted by Gasteiger charge is 2.38. The fraction of sp³-hybridized carbons (Fsp3) is 0.500. The molecule has 1 aromatic carbocycles. The molecule has 162 valence electrons. The molecule has 1 aliphatic rings. The van der Waals surface area contributed by atoms with Gasteiger partial charge in [-0.25, -0.2) is 4.79 Å². The molecule has 30 heavy (non-hydrogen) atoms. The normalized spacial score (nSPS) is 21.7. The van der Waals surface area contributed by atoms with E-state index in [4.69, 9.17) is 21.1 Å². The van der Waals surface area contributed by atoms with Crippen molar-refractivity contribution in [1.82, 2.24) is 15.5 Å². The number of nitrogens with one attached hydrogen (secondary N) is 1. The van der Waals surface area contributed by atoms with Crippen molar-refractivity contribution in [3.63, 3.8) is 0 Å². The van der Waals surface area contributed by atoms with E-state index in [0.29, 0.717) is 22.1 Å². The van der Waals surface area contributed by atoms with E-state index < -0.39 is 11.7 Å². The number of carbonyl (C=O) groups excluding carboxylic acids is 1. The smallest absolute Gasteiger partial charge is 0.407 e. The van der Waals surface area contributed by atoms with Crippen molar-refractivity contribution in [2.75, 3.05) is 6.54 Å². The number of hydrogen-bond donors (Lipinski definition) is 1. The Kier molecular flexibility index (Phi) is 7.24. The summed E-state index contributed by atoms with van der Waals surface area (Å²) in [5, 5.41) is 11.7. The lowest BCUT2D eigenvalue weighted by atomic mass is 9.68. The number of halogens is 2. The summed E-state index contributed by atoms with van der Waals surface area (Å²) in [6, 6.07) is 11.5. The lowest BCUT2D eigenvalue weighted by molar-refractivity contribution is 0.0493. The van der Waals surface area contributed by atoms with Crippen molar-refractivity contribution in [3.05, 3.63) is 51.6 Å². The van der Waals surface area contributed by atoms with E-state index in [1.807, 2.05) is 45.0 Å². The van der Waals surface area contributed by atoms with Gasteiger partial charge >= 0.3 is 6.09 Å². The number of hydrogen-bond acceptors (Lipinski definition) is 5. The third-order valence-electron chi connectivity index (χ3n) is 5.19. The average molecular weight is 497 g/mol. The topological polar surface area (TPSA) is 73.3 Å². The Balaban J connectivity index is 1.70. The number of amides is 1. The van der Waals surface area contributed by atoms with Crippen LogP contribution in [0.3, 0.4) is 0 Å². The van der Waals surface area contributed by atoms with E-state index >= 15 is 0 Å². The molecule has 6 nitrogen and oxygen atoms in total. The van der Waals surface area contributed by atoms with Crippen molar-refractivity contribution >= 4 is 33.6 Å². The van der Waals surface area contributed by atoms with Crippen LogP contribution in [0.4, 0.5) is 4.79 Å². The van der Waals surface area contributed by atoms with E-state index in [9.17, 15) is 4.79 Å². The van der Waals surface area contributed by atoms with E-state index in [2.05, 4.69) is 37.5 Å². The van der Waals surface area contributed by atoms with Gasteiger partial charge in [0.25, 0.3) is 0 Å². The van der Waals surface area contributed by atoms with E-state index in [-0.39, 0.29) is 11.5 Å². The summed E-state index contributed by atoms with van der Waals surface area (Å²) >= 11 is 9.55. The van der Waals surface area contributed by atoms with Crippen LogP contribution in [0.2, 0.25) is 5.02 Å². The van der Waals surface area contributed by atoms with Crippen molar-refractivity contribution < 1.29 is 14.3 Å². The highest BCUT2D eigenvalue weighted by molar-refractivity contribution is 9.10. The Morgan fingerprint density at radius 1 is 1.23 bits per heavy atom. The molecular weight excluding hydrogens is 470 g/mol. The van der Waals surface area contributed by atoms with E-state index in [1.54, 1.807) is 6.07 Å². The van der Waals surface area contributed by atoms with Gasteiger partial charge in [-0.2, -0.15) is 0 Å². The highest BCUT2D eigenvalue weighted by atomic mass is 79.9. The number of nitrogens with zero attached hydrogens (tertiary/aromatic N) is 2. The van der Waals surface area contributed by atoms with Crippen LogP contribution >= 0.6 is 27.5 Å². The maximum Gasteiger partial charge on any atom is 0.407 e. The molecule has 1 aliphatic carbocycles. The number of ether oxygens (including phenoxy) is 2. The number of benzene rings is 1. The zero-order valence-corrected chi connectivity index (χ0v) is 19.8. The molecule has 1 fully saturated rings. The molecule has 1 saturated carbocycles. The molecule has 1 amide bonds. The molecule has 1 aromatic heterocycles. The fourth-order valence-electron chi connectivity index (χ4n) is 3.74. The molecule has 1 N–H and O–H groups in total. The van der Waals surface area contributed by atoms with Crippen LogP contribution in [0.5, 0.6) is 5.88 Å². The molecular formula is C22H27BrClN3O3. The molecule has 0 atom stereocenters. The van der Waals surface area contributed by atoms with E-state index in [0.717, 1.165) is 31.2 Å². The fourth-order valence-corrected chi connectivity index (χ4v) is 4.14. The predicted octanol–water partition coefficient (Wildman–Crippen LogP) is 5.68. The van der Waals surface area contributed by atoms with Gasteiger partial charge in [0.1, 0.15) is 16.3 Å². The predicted molar refractivity (Wildman–Crippen MR) is 120 cm³/mol. The van der Waals surface area contributed by atoms with Crippen molar-refractivity contribution in [2.45, 2.75) is 63.6 Å². The van der Waals surface area contributed by atoms with Gasteiger partial charge in [-0.3, -0.25) is 0 Å². The SMILES string of the molecule is CC(C)(C)OC(=O)NCC1(c2cccc(Cl)c2)CCC(Oc2ccc(Br)nn2)CC1. The first-order valence-corrected chi connectivity index (χ1v) is 11.2. The molecule has 0 spiro atoms. The number of aromatic nitrogens is 2. The van der Waals surface area contributed by atoms with Crippen LogP contribution in [0.25, 0.3) is 0 Å². The molecule has 0 radical (unpaired) electrons. The van der Waals surface area contributed by atoms with Crippen LogP contribution in [0.1, 0.15) is 52.0 Å². The van der Waals surface area contributed by atoms with Gasteiger partial charge in [0, 0.05) is 23.0 Å². The summed E-state index contributed by atoms with van der Waals surface area (Å²) < 4.78 is 12.1. The van der Waals surface area contributed by atoms with Crippen molar-refractivity contribution in [2.24, 2.45) is 0 Å². The number of rotatable bonds is 5. The first kappa shape index (κ1) is 22.8. The summed E-state index contributed by atoms with van der Waals surface area (Å²) in [5.74, 6) is 0.519. The van der Waals surface area contributed by atoms with Crippen molar-refractivity contribution in [1.29, 1.82) is 0 Å². The average Bonchev–Trinajstić information content (AvgIpc) is 2.68. The molecule has 0 aliphatic heterocycles. The van der Waals surface area contributed by atoms with Crippen molar-refractivity contribution in [3.8, 4) is 5.88 Å². The van der Waals surface area contributed by atoms with Crippen LogP contribution in [-0.4, -0.2) is 34.5 Å². The van der Waals surface area contributed by atoms with Gasteiger partial charge in [-0.1, -0.05) is 23.7 Å². The second-order valence-corrected chi connectivity index (χ2v) is 9.91. The minimum absolute atomic E-state index is 0.0503. The summed E-state index contributed by atoms with van der Waals surface area (Å²) in [7, 11) is 0. The Bertz CT molecular complexity index is 863. The Morgan fingerprint density at radius 3 is 2.57 bits per heavy atom. The highest BCUT2D eigenvalue weighted by Crippen LogP contribution is 2.41. The summed E-state index contributed by atoms with van der Waals surface area (Å²) in [4.78, 5) is 12.3. The summed E-state index contributed by atoms with van der Waals surface area (Å²) in [5.41, 5.74) is 0.352. The minimum Gasteiger partial charge on any atom is -0.473 e. The molecule has 0 saturated heterocycles. The lowest BCUT2D eigenvalue weighted by Gasteiger charge is -2.40. The molecule has 2 aromatic rings. The Labute approximate surface area is 190 Å². The zero-order chi connectivity index (χ0) is 21.8. The largest absolute Gasteiger partial charge is 0.473 e. The van der Waals surface area contributed by atoms with Crippen LogP contribution in [0.15, 0.2) is 41.0 Å². The van der Waals surface area contributed by atoms with Crippen LogP contribution in [-0.2, 0) is 10.2 Å². The van der Waals surface area contributed by atoms with Crippen LogP contribution in [0, 0.1) is 0 Å². The third kappa shape index (κ3) is 6.32. The summed E-state index contributed by atoms with van der Waals surface area (Å²) in [6.07, 6.45) is 3.00. The van der Waals surface area contributed by atoms with Gasteiger partial charge < -0.3 is 14.8 Å². The second-order valence-electron chi connectivity index (χ2n) is 8.66. The van der Waals surface area contributed by atoms with Gasteiger partial charge in [-0.15, -0.1) is 10.2 Å². The lowest BCUT2D eigenvalue weighted by Crippen LogP contribution is -2.46. The van der Waals surface area contributed by atoms with Gasteiger partial charge in [-0.05, 0) is 86.1 Å².